The third kappa shape index (κ3) is 4.61. The maximum atomic E-state index is 12.6. The Hall–Kier alpha value is -2.81. The van der Waals surface area contributed by atoms with Gasteiger partial charge in [0.05, 0.1) is 33.4 Å². The van der Waals surface area contributed by atoms with Crippen LogP contribution in [0.3, 0.4) is 0 Å². The van der Waals surface area contributed by atoms with Gasteiger partial charge in [-0.2, -0.15) is 0 Å². The summed E-state index contributed by atoms with van der Waals surface area (Å²) in [6.07, 6.45) is 1.46. The number of hydrogen-bond acceptors (Lipinski definition) is 7. The minimum absolute atomic E-state index is 0.00895. The van der Waals surface area contributed by atoms with Gasteiger partial charge in [-0.3, -0.25) is 9.59 Å². The van der Waals surface area contributed by atoms with Crippen molar-refractivity contribution in [1.29, 1.82) is 0 Å². The van der Waals surface area contributed by atoms with Crippen molar-refractivity contribution in [3.8, 4) is 27.8 Å². The molecule has 0 bridgehead atoms. The molecule has 1 saturated heterocycles. The smallest absolute Gasteiger partial charge is 0.228 e. The highest BCUT2D eigenvalue weighted by atomic mass is 32.1. The van der Waals surface area contributed by atoms with E-state index in [0.29, 0.717) is 48.9 Å². The van der Waals surface area contributed by atoms with Crippen LogP contribution in [0.4, 0.5) is 0 Å². The van der Waals surface area contributed by atoms with E-state index in [2.05, 4.69) is 4.98 Å². The Balaban J connectivity index is 1.71. The Kier molecular flexibility index (Phi) is 6.58. The molecule has 2 N–H and O–H groups in total. The second kappa shape index (κ2) is 9.13. The Morgan fingerprint density at radius 2 is 1.76 bits per heavy atom. The fourth-order valence-corrected chi connectivity index (χ4v) is 4.21. The number of rotatable bonds is 7. The van der Waals surface area contributed by atoms with Crippen molar-refractivity contribution in [2.75, 3.05) is 34.4 Å². The van der Waals surface area contributed by atoms with E-state index in [0.717, 1.165) is 10.6 Å². The Morgan fingerprint density at radius 1 is 1.14 bits per heavy atom. The number of methoxy groups -OCH3 is 3. The van der Waals surface area contributed by atoms with E-state index in [1.807, 2.05) is 17.5 Å². The summed E-state index contributed by atoms with van der Waals surface area (Å²) in [5, 5.41) is 2.64. The highest BCUT2D eigenvalue weighted by Crippen LogP contribution is 2.41. The number of ether oxygens (including phenoxy) is 3. The molecule has 0 saturated carbocycles. The van der Waals surface area contributed by atoms with Crippen LogP contribution in [0.25, 0.3) is 10.6 Å². The normalized spacial score (nSPS) is 14.5. The van der Waals surface area contributed by atoms with Gasteiger partial charge < -0.3 is 24.8 Å². The van der Waals surface area contributed by atoms with Gasteiger partial charge in [0.1, 0.15) is 5.01 Å². The number of thiazole rings is 1. The number of piperidine rings is 1. The molecular formula is C20H25N3O5S. The van der Waals surface area contributed by atoms with Gasteiger partial charge in [-0.25, -0.2) is 4.98 Å². The molecule has 0 unspecified atom stereocenters. The molecule has 1 aromatic heterocycles. The predicted molar refractivity (Wildman–Crippen MR) is 109 cm³/mol. The molecule has 156 valence electrons. The van der Waals surface area contributed by atoms with Gasteiger partial charge in [0.25, 0.3) is 0 Å². The first-order valence-corrected chi connectivity index (χ1v) is 10.2. The van der Waals surface area contributed by atoms with Crippen molar-refractivity contribution < 1.29 is 23.8 Å². The van der Waals surface area contributed by atoms with Crippen LogP contribution < -0.4 is 19.9 Å². The van der Waals surface area contributed by atoms with Crippen LogP contribution in [-0.2, 0) is 16.0 Å². The predicted octanol–water partition coefficient (Wildman–Crippen LogP) is 2.10. The van der Waals surface area contributed by atoms with Crippen LogP contribution in [0.1, 0.15) is 18.5 Å². The lowest BCUT2D eigenvalue weighted by Crippen LogP contribution is -2.42. The van der Waals surface area contributed by atoms with Gasteiger partial charge in [0, 0.05) is 30.0 Å². The Morgan fingerprint density at radius 3 is 2.28 bits per heavy atom. The summed E-state index contributed by atoms with van der Waals surface area (Å²) in [4.78, 5) is 30.3. The first kappa shape index (κ1) is 20.9. The minimum Gasteiger partial charge on any atom is -0.493 e. The summed E-state index contributed by atoms with van der Waals surface area (Å²) in [7, 11) is 4.68. The van der Waals surface area contributed by atoms with Crippen molar-refractivity contribution in [2.24, 2.45) is 11.7 Å². The lowest BCUT2D eigenvalue weighted by atomic mass is 9.96. The maximum Gasteiger partial charge on any atom is 0.228 e. The van der Waals surface area contributed by atoms with Crippen molar-refractivity contribution in [2.45, 2.75) is 19.3 Å². The van der Waals surface area contributed by atoms with E-state index in [4.69, 9.17) is 19.9 Å². The summed E-state index contributed by atoms with van der Waals surface area (Å²) < 4.78 is 16.1. The van der Waals surface area contributed by atoms with Crippen molar-refractivity contribution in [3.05, 3.63) is 23.2 Å². The average Bonchev–Trinajstić information content (AvgIpc) is 3.21. The molecule has 0 aliphatic carbocycles. The van der Waals surface area contributed by atoms with E-state index in [-0.39, 0.29) is 24.2 Å². The number of likely N-dealkylation sites (tertiary alicyclic amines) is 1. The number of primary amides is 1. The fraction of sp³-hybridized carbons (Fsp3) is 0.450. The summed E-state index contributed by atoms with van der Waals surface area (Å²) in [6, 6.07) is 3.67. The molecule has 2 heterocycles. The van der Waals surface area contributed by atoms with Gasteiger partial charge >= 0.3 is 0 Å². The van der Waals surface area contributed by atoms with Crippen molar-refractivity contribution in [3.63, 3.8) is 0 Å². The molecule has 3 rings (SSSR count). The number of benzene rings is 1. The minimum atomic E-state index is -0.286. The zero-order valence-corrected chi connectivity index (χ0v) is 17.6. The lowest BCUT2D eigenvalue weighted by Gasteiger charge is -2.30. The van der Waals surface area contributed by atoms with Crippen molar-refractivity contribution >= 4 is 23.2 Å². The quantitative estimate of drug-likeness (QED) is 0.737. The highest BCUT2D eigenvalue weighted by molar-refractivity contribution is 7.13. The molecule has 0 spiro atoms. The molecule has 2 aromatic rings. The molecule has 9 heteroatoms. The van der Waals surface area contributed by atoms with Crippen LogP contribution >= 0.6 is 11.3 Å². The first-order valence-electron chi connectivity index (χ1n) is 9.28. The van der Waals surface area contributed by atoms with E-state index < -0.39 is 0 Å². The topological polar surface area (TPSA) is 104 Å². The summed E-state index contributed by atoms with van der Waals surface area (Å²) in [6.45, 7) is 1.10. The van der Waals surface area contributed by atoms with Crippen LogP contribution in [0.5, 0.6) is 17.2 Å². The van der Waals surface area contributed by atoms with Crippen molar-refractivity contribution in [1.82, 2.24) is 9.88 Å². The van der Waals surface area contributed by atoms with Gasteiger partial charge in [-0.05, 0) is 25.0 Å². The molecule has 2 amide bonds. The molecule has 1 aromatic carbocycles. The molecule has 29 heavy (non-hydrogen) atoms. The first-order chi connectivity index (χ1) is 14.0. The van der Waals surface area contributed by atoms with Crippen LogP contribution in [0.2, 0.25) is 0 Å². The number of aromatic nitrogens is 1. The molecule has 8 nitrogen and oxygen atoms in total. The summed E-state index contributed by atoms with van der Waals surface area (Å²) in [5.74, 6) is 1.20. The van der Waals surface area contributed by atoms with Gasteiger partial charge in [0.15, 0.2) is 11.5 Å². The molecule has 1 aliphatic heterocycles. The van der Waals surface area contributed by atoms with E-state index in [9.17, 15) is 9.59 Å². The summed E-state index contributed by atoms with van der Waals surface area (Å²) in [5.41, 5.74) is 6.89. The lowest BCUT2D eigenvalue weighted by molar-refractivity contribution is -0.134. The number of nitrogens with two attached hydrogens (primary N) is 1. The monoisotopic (exact) mass is 419 g/mol. The van der Waals surface area contributed by atoms with Crippen LogP contribution in [0, 0.1) is 5.92 Å². The standard InChI is InChI=1S/C20H25N3O5S/c1-26-15-8-13(9-16(27-2)18(15)28-3)20-22-14(11-29-20)10-17(24)23-6-4-12(5-7-23)19(21)25/h8-9,11-12H,4-7,10H2,1-3H3,(H2,21,25). The van der Waals surface area contributed by atoms with Gasteiger partial charge in [-0.15, -0.1) is 11.3 Å². The maximum absolute atomic E-state index is 12.6. The largest absolute Gasteiger partial charge is 0.493 e. The SMILES string of the molecule is COc1cc(-c2nc(CC(=O)N3CCC(C(N)=O)CC3)cs2)cc(OC)c1OC. The van der Waals surface area contributed by atoms with E-state index in [1.54, 1.807) is 26.2 Å². The Labute approximate surface area is 173 Å². The molecule has 0 atom stereocenters. The molecule has 1 aliphatic rings. The van der Waals surface area contributed by atoms with E-state index >= 15 is 0 Å². The third-order valence-electron chi connectivity index (χ3n) is 5.05. The number of nitrogens with zero attached hydrogens (tertiary/aromatic N) is 2. The van der Waals surface area contributed by atoms with Crippen LogP contribution in [-0.4, -0.2) is 56.1 Å². The van der Waals surface area contributed by atoms with E-state index in [1.165, 1.54) is 11.3 Å². The van der Waals surface area contributed by atoms with Gasteiger partial charge in [-0.1, -0.05) is 0 Å². The molecule has 1 fully saturated rings. The zero-order valence-electron chi connectivity index (χ0n) is 16.8. The average molecular weight is 420 g/mol. The number of carbonyl (C=O) groups is 2. The third-order valence-corrected chi connectivity index (χ3v) is 5.99. The number of amides is 2. The fourth-order valence-electron chi connectivity index (χ4n) is 3.41. The van der Waals surface area contributed by atoms with Crippen LogP contribution in [0.15, 0.2) is 17.5 Å². The number of carbonyl (C=O) groups excluding carboxylic acids is 2. The Bertz CT molecular complexity index is 865. The van der Waals surface area contributed by atoms with Gasteiger partial charge in [0.2, 0.25) is 17.6 Å². The number of hydrogen-bond donors (Lipinski definition) is 1. The molecular weight excluding hydrogens is 394 g/mol. The summed E-state index contributed by atoms with van der Waals surface area (Å²) >= 11 is 1.45. The second-order valence-electron chi connectivity index (χ2n) is 6.79. The zero-order chi connectivity index (χ0) is 21.0. The highest BCUT2D eigenvalue weighted by Gasteiger charge is 2.26. The second-order valence-corrected chi connectivity index (χ2v) is 7.65. The molecule has 0 radical (unpaired) electrons.